The van der Waals surface area contributed by atoms with E-state index in [1.54, 1.807) is 23.3 Å². The molecule has 0 spiro atoms. The molecule has 1 heterocycles. The summed E-state index contributed by atoms with van der Waals surface area (Å²) in [6, 6.07) is 4.08. The molecule has 0 radical (unpaired) electrons. The fourth-order valence-electron chi connectivity index (χ4n) is 2.85. The molecule has 110 valence electrons. The van der Waals surface area contributed by atoms with Crippen LogP contribution in [-0.4, -0.2) is 35.4 Å². The molecule has 1 amide bonds. The Morgan fingerprint density at radius 2 is 2.25 bits per heavy atom. The number of nitrogens with two attached hydrogens (primary N) is 1. The Morgan fingerprint density at radius 3 is 2.80 bits per heavy atom. The molecule has 1 fully saturated rings. The highest BCUT2D eigenvalue weighted by molar-refractivity contribution is 7.09. The monoisotopic (exact) mass is 295 g/mol. The highest BCUT2D eigenvalue weighted by Crippen LogP contribution is 2.39. The molecule has 1 aromatic rings. The van der Waals surface area contributed by atoms with Crippen LogP contribution in [0.3, 0.4) is 0 Å². The van der Waals surface area contributed by atoms with Crippen molar-refractivity contribution >= 4 is 23.1 Å². The molecule has 1 aliphatic carbocycles. The van der Waals surface area contributed by atoms with Crippen molar-refractivity contribution in [2.24, 2.45) is 16.3 Å². The third kappa shape index (κ3) is 2.80. The number of amides is 1. The zero-order chi connectivity index (χ0) is 14.6. The Labute approximate surface area is 123 Å². The molecule has 6 heteroatoms. The van der Waals surface area contributed by atoms with Crippen molar-refractivity contribution in [1.29, 1.82) is 0 Å². The van der Waals surface area contributed by atoms with Gasteiger partial charge in [0.1, 0.15) is 5.41 Å². The smallest absolute Gasteiger partial charge is 0.236 e. The first-order valence-electron chi connectivity index (χ1n) is 6.86. The number of likely N-dealkylation sites (N-methyl/N-ethyl adjacent to an activating group) is 1. The van der Waals surface area contributed by atoms with Crippen LogP contribution in [0.4, 0.5) is 0 Å². The second-order valence-electron chi connectivity index (χ2n) is 5.33. The maximum absolute atomic E-state index is 12.7. The summed E-state index contributed by atoms with van der Waals surface area (Å²) in [5, 5.41) is 14.1. The number of carbonyl (C=O) groups is 1. The topological polar surface area (TPSA) is 78.9 Å². The molecule has 0 aromatic carbocycles. The van der Waals surface area contributed by atoms with Gasteiger partial charge in [-0.15, -0.1) is 11.3 Å². The average molecular weight is 295 g/mol. The van der Waals surface area contributed by atoms with Crippen LogP contribution < -0.4 is 5.73 Å². The molecular weight excluding hydrogens is 274 g/mol. The van der Waals surface area contributed by atoms with Crippen molar-refractivity contribution in [1.82, 2.24) is 4.90 Å². The van der Waals surface area contributed by atoms with E-state index in [0.29, 0.717) is 19.4 Å². The Bertz CT molecular complexity index is 479. The van der Waals surface area contributed by atoms with Crippen LogP contribution in [0.5, 0.6) is 0 Å². The van der Waals surface area contributed by atoms with Gasteiger partial charge in [-0.2, -0.15) is 0 Å². The fourth-order valence-corrected chi connectivity index (χ4v) is 3.55. The van der Waals surface area contributed by atoms with E-state index >= 15 is 0 Å². The highest BCUT2D eigenvalue weighted by Gasteiger charge is 2.46. The van der Waals surface area contributed by atoms with E-state index in [9.17, 15) is 4.79 Å². The summed E-state index contributed by atoms with van der Waals surface area (Å²) in [6.07, 6.45) is 4.07. The van der Waals surface area contributed by atoms with E-state index in [2.05, 4.69) is 11.2 Å². The van der Waals surface area contributed by atoms with Gasteiger partial charge < -0.3 is 15.8 Å². The van der Waals surface area contributed by atoms with Crippen LogP contribution in [-0.2, 0) is 11.2 Å². The van der Waals surface area contributed by atoms with Gasteiger partial charge in [0.15, 0.2) is 5.84 Å². The lowest BCUT2D eigenvalue weighted by molar-refractivity contribution is -0.136. The highest BCUT2D eigenvalue weighted by atomic mass is 32.1. The minimum absolute atomic E-state index is 0.0261. The summed E-state index contributed by atoms with van der Waals surface area (Å²) in [4.78, 5) is 15.7. The molecule has 0 unspecified atom stereocenters. The van der Waals surface area contributed by atoms with Gasteiger partial charge in [0.25, 0.3) is 0 Å². The van der Waals surface area contributed by atoms with Crippen LogP contribution in [0, 0.1) is 5.41 Å². The first-order chi connectivity index (χ1) is 9.60. The van der Waals surface area contributed by atoms with Crippen LogP contribution in [0.25, 0.3) is 0 Å². The number of hydrogen-bond donors (Lipinski definition) is 2. The largest absolute Gasteiger partial charge is 0.409 e. The molecule has 0 atom stereocenters. The number of thiophene rings is 1. The maximum Gasteiger partial charge on any atom is 0.236 e. The van der Waals surface area contributed by atoms with E-state index in [0.717, 1.165) is 19.3 Å². The number of nitrogens with zero attached hydrogens (tertiary/aromatic N) is 2. The lowest BCUT2D eigenvalue weighted by Crippen LogP contribution is -2.49. The Morgan fingerprint density at radius 1 is 1.55 bits per heavy atom. The summed E-state index contributed by atoms with van der Waals surface area (Å²) in [6.45, 7) is 0.653. The SMILES string of the molecule is CN(CCc1cccs1)C(=O)C1(C(N)=NO)CCCC1. The summed E-state index contributed by atoms with van der Waals surface area (Å²) in [5.41, 5.74) is 5.00. The van der Waals surface area contributed by atoms with Crippen LogP contribution in [0.2, 0.25) is 0 Å². The molecule has 2 rings (SSSR count). The minimum Gasteiger partial charge on any atom is -0.409 e. The lowest BCUT2D eigenvalue weighted by Gasteiger charge is -2.31. The van der Waals surface area contributed by atoms with Gasteiger partial charge in [-0.05, 0) is 30.7 Å². The Kier molecular flexibility index (Phi) is 4.65. The van der Waals surface area contributed by atoms with Gasteiger partial charge in [-0.3, -0.25) is 4.79 Å². The number of hydrogen-bond acceptors (Lipinski definition) is 4. The molecule has 1 aromatic heterocycles. The van der Waals surface area contributed by atoms with Crippen molar-refractivity contribution in [2.45, 2.75) is 32.1 Å². The van der Waals surface area contributed by atoms with Gasteiger partial charge in [-0.25, -0.2) is 0 Å². The number of oxime groups is 1. The molecule has 5 nitrogen and oxygen atoms in total. The van der Waals surface area contributed by atoms with Crippen LogP contribution in [0.15, 0.2) is 22.7 Å². The van der Waals surface area contributed by atoms with Crippen LogP contribution >= 0.6 is 11.3 Å². The molecule has 0 bridgehead atoms. The zero-order valence-corrected chi connectivity index (χ0v) is 12.5. The van der Waals surface area contributed by atoms with Crippen molar-refractivity contribution in [3.05, 3.63) is 22.4 Å². The maximum atomic E-state index is 12.7. The molecule has 20 heavy (non-hydrogen) atoms. The standard InChI is InChI=1S/C14H21N3O2S/c1-17(9-6-11-5-4-10-20-11)13(18)14(12(15)16-19)7-2-3-8-14/h4-5,10,19H,2-3,6-9H2,1H3,(H2,15,16). The van der Waals surface area contributed by atoms with Gasteiger partial charge in [0.2, 0.25) is 5.91 Å². The van der Waals surface area contributed by atoms with Gasteiger partial charge >= 0.3 is 0 Å². The summed E-state index contributed by atoms with van der Waals surface area (Å²) < 4.78 is 0. The van der Waals surface area contributed by atoms with Gasteiger partial charge in [-0.1, -0.05) is 24.1 Å². The molecule has 3 N–H and O–H groups in total. The Balaban J connectivity index is 2.04. The molecule has 0 saturated heterocycles. The average Bonchev–Trinajstić information content (AvgIpc) is 3.14. The minimum atomic E-state index is -0.793. The lowest BCUT2D eigenvalue weighted by atomic mass is 9.83. The third-order valence-corrected chi connectivity index (χ3v) is 5.02. The van der Waals surface area contributed by atoms with Crippen molar-refractivity contribution in [2.75, 3.05) is 13.6 Å². The van der Waals surface area contributed by atoms with Crippen molar-refractivity contribution < 1.29 is 10.0 Å². The second-order valence-corrected chi connectivity index (χ2v) is 6.36. The van der Waals surface area contributed by atoms with E-state index in [-0.39, 0.29) is 11.7 Å². The number of carbonyl (C=O) groups excluding carboxylic acids is 1. The van der Waals surface area contributed by atoms with Crippen molar-refractivity contribution in [3.8, 4) is 0 Å². The van der Waals surface area contributed by atoms with Gasteiger partial charge in [0, 0.05) is 18.5 Å². The Hall–Kier alpha value is -1.56. The van der Waals surface area contributed by atoms with Gasteiger partial charge in [0.05, 0.1) is 0 Å². The number of amidine groups is 1. The molecule has 1 saturated carbocycles. The second kappa shape index (κ2) is 6.26. The normalized spacial score (nSPS) is 18.1. The summed E-state index contributed by atoms with van der Waals surface area (Å²) in [7, 11) is 1.79. The fraction of sp³-hybridized carbons (Fsp3) is 0.571. The van der Waals surface area contributed by atoms with E-state index < -0.39 is 5.41 Å². The predicted octanol–water partition coefficient (Wildman–Crippen LogP) is 2.06. The quantitative estimate of drug-likeness (QED) is 0.378. The first kappa shape index (κ1) is 14.8. The van der Waals surface area contributed by atoms with E-state index in [1.165, 1.54) is 4.88 Å². The zero-order valence-electron chi connectivity index (χ0n) is 11.7. The van der Waals surface area contributed by atoms with Crippen LogP contribution in [0.1, 0.15) is 30.6 Å². The summed E-state index contributed by atoms with van der Waals surface area (Å²) >= 11 is 1.69. The number of rotatable bonds is 5. The van der Waals surface area contributed by atoms with E-state index in [4.69, 9.17) is 10.9 Å². The molecule has 1 aliphatic rings. The molecule has 0 aliphatic heterocycles. The predicted molar refractivity (Wildman–Crippen MR) is 80.0 cm³/mol. The first-order valence-corrected chi connectivity index (χ1v) is 7.74. The summed E-state index contributed by atoms with van der Waals surface area (Å²) in [5.74, 6) is 0.0322. The third-order valence-electron chi connectivity index (χ3n) is 4.08. The molecular formula is C14H21N3O2S. The van der Waals surface area contributed by atoms with Crippen molar-refractivity contribution in [3.63, 3.8) is 0 Å². The van der Waals surface area contributed by atoms with E-state index in [1.807, 2.05) is 11.4 Å².